The SMILES string of the molecule is O=C(NCCn1ccc2ccccc21)c1cccc(C(F)(F)F)c1. The van der Waals surface area contributed by atoms with Gasteiger partial charge in [0.1, 0.15) is 0 Å². The van der Waals surface area contributed by atoms with Crippen molar-refractivity contribution in [1.29, 1.82) is 0 Å². The van der Waals surface area contributed by atoms with Crippen LogP contribution in [-0.4, -0.2) is 17.0 Å². The van der Waals surface area contributed by atoms with Gasteiger partial charge in [-0.05, 0) is 35.7 Å². The van der Waals surface area contributed by atoms with Gasteiger partial charge in [-0.3, -0.25) is 4.79 Å². The lowest BCUT2D eigenvalue weighted by molar-refractivity contribution is -0.137. The van der Waals surface area contributed by atoms with Crippen molar-refractivity contribution in [2.75, 3.05) is 6.54 Å². The quantitative estimate of drug-likeness (QED) is 0.767. The molecule has 1 aromatic heterocycles. The molecule has 0 saturated heterocycles. The Morgan fingerprint density at radius 2 is 1.83 bits per heavy atom. The number of aromatic nitrogens is 1. The summed E-state index contributed by atoms with van der Waals surface area (Å²) in [5.74, 6) is -0.516. The van der Waals surface area contributed by atoms with Crippen molar-refractivity contribution in [3.8, 4) is 0 Å². The minimum atomic E-state index is -4.46. The molecule has 24 heavy (non-hydrogen) atoms. The molecule has 2 aromatic carbocycles. The van der Waals surface area contributed by atoms with Gasteiger partial charge >= 0.3 is 6.18 Å². The fourth-order valence-corrected chi connectivity index (χ4v) is 2.56. The minimum Gasteiger partial charge on any atom is -0.350 e. The van der Waals surface area contributed by atoms with E-state index >= 15 is 0 Å². The lowest BCUT2D eigenvalue weighted by Crippen LogP contribution is -2.27. The van der Waals surface area contributed by atoms with Crippen LogP contribution in [0.1, 0.15) is 15.9 Å². The third kappa shape index (κ3) is 3.42. The second-order valence-electron chi connectivity index (χ2n) is 5.40. The molecule has 3 nitrogen and oxygen atoms in total. The maximum Gasteiger partial charge on any atom is 0.416 e. The Kier molecular flexibility index (Phi) is 4.29. The predicted molar refractivity (Wildman–Crippen MR) is 85.7 cm³/mol. The molecule has 1 amide bonds. The number of hydrogen-bond donors (Lipinski definition) is 1. The van der Waals surface area contributed by atoms with E-state index in [1.165, 1.54) is 12.1 Å². The second kappa shape index (κ2) is 6.39. The van der Waals surface area contributed by atoms with Gasteiger partial charge in [0.25, 0.3) is 5.91 Å². The molecule has 6 heteroatoms. The summed E-state index contributed by atoms with van der Waals surface area (Å²) in [5, 5.41) is 3.75. The number of carbonyl (C=O) groups is 1. The van der Waals surface area contributed by atoms with Crippen LogP contribution >= 0.6 is 0 Å². The summed E-state index contributed by atoms with van der Waals surface area (Å²) in [5.41, 5.74) is 0.222. The molecule has 3 aromatic rings. The first-order valence-electron chi connectivity index (χ1n) is 7.44. The van der Waals surface area contributed by atoms with Crippen molar-refractivity contribution in [2.45, 2.75) is 12.7 Å². The number of amides is 1. The van der Waals surface area contributed by atoms with Gasteiger partial charge in [0.2, 0.25) is 0 Å². The topological polar surface area (TPSA) is 34.0 Å². The van der Waals surface area contributed by atoms with Gasteiger partial charge in [0, 0.05) is 30.4 Å². The Morgan fingerprint density at radius 1 is 1.04 bits per heavy atom. The van der Waals surface area contributed by atoms with Crippen LogP contribution in [0.5, 0.6) is 0 Å². The standard InChI is InChI=1S/C18H15F3N2O/c19-18(20,21)15-6-3-5-14(12-15)17(24)22-9-11-23-10-8-13-4-1-2-7-16(13)23/h1-8,10,12H,9,11H2,(H,22,24). The summed E-state index contributed by atoms with van der Waals surface area (Å²) < 4.78 is 40.0. The van der Waals surface area contributed by atoms with E-state index in [-0.39, 0.29) is 5.56 Å². The zero-order chi connectivity index (χ0) is 17.2. The van der Waals surface area contributed by atoms with E-state index in [2.05, 4.69) is 5.32 Å². The van der Waals surface area contributed by atoms with Gasteiger partial charge in [-0.15, -0.1) is 0 Å². The molecule has 3 rings (SSSR count). The Balaban J connectivity index is 1.64. The van der Waals surface area contributed by atoms with Crippen LogP contribution in [0.25, 0.3) is 10.9 Å². The van der Waals surface area contributed by atoms with Crippen molar-refractivity contribution >= 4 is 16.8 Å². The first-order valence-corrected chi connectivity index (χ1v) is 7.44. The fraction of sp³-hybridized carbons (Fsp3) is 0.167. The number of hydrogen-bond acceptors (Lipinski definition) is 1. The molecule has 0 saturated carbocycles. The van der Waals surface area contributed by atoms with Gasteiger partial charge in [-0.2, -0.15) is 13.2 Å². The van der Waals surface area contributed by atoms with Gasteiger partial charge in [0.15, 0.2) is 0 Å². The second-order valence-corrected chi connectivity index (χ2v) is 5.40. The third-order valence-corrected chi connectivity index (χ3v) is 3.77. The highest BCUT2D eigenvalue weighted by atomic mass is 19.4. The van der Waals surface area contributed by atoms with Gasteiger partial charge in [0.05, 0.1) is 5.56 Å². The van der Waals surface area contributed by atoms with Crippen molar-refractivity contribution in [1.82, 2.24) is 9.88 Å². The van der Waals surface area contributed by atoms with Crippen molar-refractivity contribution < 1.29 is 18.0 Å². The van der Waals surface area contributed by atoms with E-state index in [1.54, 1.807) is 0 Å². The Hall–Kier alpha value is -2.76. The average molecular weight is 332 g/mol. The number of carbonyl (C=O) groups excluding carboxylic acids is 1. The molecule has 124 valence electrons. The highest BCUT2D eigenvalue weighted by Gasteiger charge is 2.30. The highest BCUT2D eigenvalue weighted by molar-refractivity contribution is 5.94. The molecule has 0 aliphatic carbocycles. The summed E-state index contributed by atoms with van der Waals surface area (Å²) >= 11 is 0. The first kappa shape index (κ1) is 16.1. The molecule has 1 heterocycles. The number of benzene rings is 2. The lowest BCUT2D eigenvalue weighted by atomic mass is 10.1. The van der Waals surface area contributed by atoms with E-state index in [0.717, 1.165) is 23.0 Å². The number of alkyl halides is 3. The number of fused-ring (bicyclic) bond motifs is 1. The highest BCUT2D eigenvalue weighted by Crippen LogP contribution is 2.29. The molecule has 0 bridgehead atoms. The first-order chi connectivity index (χ1) is 11.4. The molecule has 0 aliphatic heterocycles. The molecule has 0 fully saturated rings. The van der Waals surface area contributed by atoms with E-state index in [0.29, 0.717) is 13.1 Å². The van der Waals surface area contributed by atoms with Crippen LogP contribution in [-0.2, 0) is 12.7 Å². The largest absolute Gasteiger partial charge is 0.416 e. The summed E-state index contributed by atoms with van der Waals surface area (Å²) in [6.45, 7) is 0.867. The maximum atomic E-state index is 12.7. The van der Waals surface area contributed by atoms with Crippen molar-refractivity contribution in [3.05, 3.63) is 71.9 Å². The number of nitrogens with one attached hydrogen (secondary N) is 1. The van der Waals surface area contributed by atoms with Crippen molar-refractivity contribution in [3.63, 3.8) is 0 Å². The number of rotatable bonds is 4. The molecule has 0 unspecified atom stereocenters. The van der Waals surface area contributed by atoms with Crippen LogP contribution in [0, 0.1) is 0 Å². The summed E-state index contributed by atoms with van der Waals surface area (Å²) in [6, 6.07) is 14.2. The smallest absolute Gasteiger partial charge is 0.350 e. The van der Waals surface area contributed by atoms with Crippen molar-refractivity contribution in [2.24, 2.45) is 0 Å². The normalized spacial score (nSPS) is 11.6. The molecule has 0 radical (unpaired) electrons. The summed E-state index contributed by atoms with van der Waals surface area (Å²) in [7, 11) is 0. The molecule has 1 N–H and O–H groups in total. The fourth-order valence-electron chi connectivity index (χ4n) is 2.56. The van der Waals surface area contributed by atoms with Crippen LogP contribution in [0.2, 0.25) is 0 Å². The van der Waals surface area contributed by atoms with E-state index in [1.807, 2.05) is 41.1 Å². The number of nitrogens with zero attached hydrogens (tertiary/aromatic N) is 1. The monoisotopic (exact) mass is 332 g/mol. The predicted octanol–water partition coefficient (Wildman–Crippen LogP) is 4.09. The van der Waals surface area contributed by atoms with E-state index in [4.69, 9.17) is 0 Å². The molecule has 0 aliphatic rings. The molecular formula is C18H15F3N2O. The average Bonchev–Trinajstić information content (AvgIpc) is 2.97. The number of para-hydroxylation sites is 1. The number of halogens is 3. The lowest BCUT2D eigenvalue weighted by Gasteiger charge is -2.10. The third-order valence-electron chi connectivity index (χ3n) is 3.77. The summed E-state index contributed by atoms with van der Waals surface area (Å²) in [6.07, 6.45) is -2.54. The van der Waals surface area contributed by atoms with Gasteiger partial charge in [-0.1, -0.05) is 24.3 Å². The summed E-state index contributed by atoms with van der Waals surface area (Å²) in [4.78, 5) is 12.0. The maximum absolute atomic E-state index is 12.7. The Bertz CT molecular complexity index is 868. The van der Waals surface area contributed by atoms with Crippen LogP contribution < -0.4 is 5.32 Å². The van der Waals surface area contributed by atoms with Gasteiger partial charge < -0.3 is 9.88 Å². The Morgan fingerprint density at radius 3 is 2.62 bits per heavy atom. The van der Waals surface area contributed by atoms with E-state index in [9.17, 15) is 18.0 Å². The molecule has 0 atom stereocenters. The van der Waals surface area contributed by atoms with Crippen LogP contribution in [0.4, 0.5) is 13.2 Å². The molecule has 0 spiro atoms. The molecular weight excluding hydrogens is 317 g/mol. The van der Waals surface area contributed by atoms with Crippen LogP contribution in [0.15, 0.2) is 60.8 Å². The van der Waals surface area contributed by atoms with Crippen LogP contribution in [0.3, 0.4) is 0 Å². The van der Waals surface area contributed by atoms with E-state index < -0.39 is 17.6 Å². The Labute approximate surface area is 136 Å². The zero-order valence-corrected chi connectivity index (χ0v) is 12.7. The zero-order valence-electron chi connectivity index (χ0n) is 12.7. The van der Waals surface area contributed by atoms with Gasteiger partial charge in [-0.25, -0.2) is 0 Å². The minimum absolute atomic E-state index is 0.00203.